The van der Waals surface area contributed by atoms with Crippen molar-refractivity contribution in [2.45, 2.75) is 6.61 Å². The Kier molecular flexibility index (Phi) is 6.74. The molecule has 1 heterocycles. The third kappa shape index (κ3) is 5.54. The molecule has 0 aliphatic rings. The maximum absolute atomic E-state index is 11.1. The van der Waals surface area contributed by atoms with E-state index in [0.717, 1.165) is 0 Å². The van der Waals surface area contributed by atoms with Crippen molar-refractivity contribution in [3.8, 4) is 11.5 Å². The maximum Gasteiger partial charge on any atom is 0.335 e. The largest absolute Gasteiger partial charge is 0.493 e. The second-order valence-electron chi connectivity index (χ2n) is 6.20. The molecule has 31 heavy (non-hydrogen) atoms. The van der Waals surface area contributed by atoms with Gasteiger partial charge in [-0.05, 0) is 47.5 Å². The molecular formula is C21H18N4O6. The van der Waals surface area contributed by atoms with Gasteiger partial charge in [-0.15, -0.1) is 0 Å². The Hall–Kier alpha value is -4.47. The fraction of sp³-hybridized carbons (Fsp3) is 0.0952. The third-order valence-electron chi connectivity index (χ3n) is 4.12. The summed E-state index contributed by atoms with van der Waals surface area (Å²) in [4.78, 5) is 25.4. The van der Waals surface area contributed by atoms with Gasteiger partial charge in [0.1, 0.15) is 6.61 Å². The van der Waals surface area contributed by atoms with Gasteiger partial charge in [-0.3, -0.25) is 15.5 Å². The van der Waals surface area contributed by atoms with E-state index < -0.39 is 10.9 Å². The van der Waals surface area contributed by atoms with E-state index in [1.807, 2.05) is 0 Å². The fourth-order valence-corrected chi connectivity index (χ4v) is 2.64. The van der Waals surface area contributed by atoms with Crippen molar-refractivity contribution in [3.05, 3.63) is 87.6 Å². The van der Waals surface area contributed by atoms with E-state index >= 15 is 0 Å². The smallest absolute Gasteiger partial charge is 0.335 e. The highest BCUT2D eigenvalue weighted by molar-refractivity contribution is 5.87. The number of benzene rings is 2. The number of nitrogens with one attached hydrogen (secondary N) is 1. The van der Waals surface area contributed by atoms with Crippen LogP contribution in [0.1, 0.15) is 21.5 Å². The highest BCUT2D eigenvalue weighted by Crippen LogP contribution is 2.28. The third-order valence-corrected chi connectivity index (χ3v) is 4.12. The lowest BCUT2D eigenvalue weighted by Crippen LogP contribution is -2.01. The zero-order valence-corrected chi connectivity index (χ0v) is 16.4. The van der Waals surface area contributed by atoms with Crippen LogP contribution in [0.15, 0.2) is 65.9 Å². The molecule has 0 bridgehead atoms. The number of carboxylic acids is 1. The zero-order valence-electron chi connectivity index (χ0n) is 16.4. The summed E-state index contributed by atoms with van der Waals surface area (Å²) in [6.45, 7) is 0.163. The van der Waals surface area contributed by atoms with E-state index in [-0.39, 0.29) is 23.7 Å². The highest BCUT2D eigenvalue weighted by atomic mass is 16.6. The van der Waals surface area contributed by atoms with E-state index in [9.17, 15) is 14.9 Å². The number of nitrogens with zero attached hydrogens (tertiary/aromatic N) is 3. The predicted octanol–water partition coefficient (Wildman–Crippen LogP) is 3.72. The topological polar surface area (TPSA) is 136 Å². The van der Waals surface area contributed by atoms with Crippen LogP contribution < -0.4 is 14.9 Å². The number of hydrogen-bond donors (Lipinski definition) is 2. The zero-order chi connectivity index (χ0) is 22.2. The molecule has 10 nitrogen and oxygen atoms in total. The molecule has 0 saturated heterocycles. The molecule has 2 N–H and O–H groups in total. The Bertz CT molecular complexity index is 1130. The summed E-state index contributed by atoms with van der Waals surface area (Å²) >= 11 is 0. The van der Waals surface area contributed by atoms with Gasteiger partial charge < -0.3 is 14.6 Å². The van der Waals surface area contributed by atoms with E-state index in [0.29, 0.717) is 22.6 Å². The molecule has 3 rings (SSSR count). The number of nitro groups is 1. The van der Waals surface area contributed by atoms with E-state index in [1.165, 1.54) is 43.8 Å². The number of carbonyl (C=O) groups is 1. The second-order valence-corrected chi connectivity index (χ2v) is 6.20. The molecule has 0 atom stereocenters. The molecule has 0 aliphatic heterocycles. The Morgan fingerprint density at radius 2 is 2.06 bits per heavy atom. The number of methoxy groups -OCH3 is 1. The maximum atomic E-state index is 11.1. The molecule has 0 saturated carbocycles. The average Bonchev–Trinajstić information content (AvgIpc) is 2.78. The summed E-state index contributed by atoms with van der Waals surface area (Å²) < 4.78 is 11.1. The number of carboxylic acid groups (broad SMARTS) is 1. The van der Waals surface area contributed by atoms with Gasteiger partial charge in [0.2, 0.25) is 5.82 Å². The standard InChI is InChI=1S/C21H18N4O6/c1-30-19-11-14(12-23-24-20-17(25(28)29)6-3-9-22-20)7-8-18(19)31-13-15-4-2-5-16(10-15)21(26)27/h2-12H,13H2,1H3,(H,22,24)(H,26,27)/b23-12-. The van der Waals surface area contributed by atoms with Gasteiger partial charge >= 0.3 is 11.7 Å². The van der Waals surface area contributed by atoms with Crippen LogP contribution in [0.3, 0.4) is 0 Å². The van der Waals surface area contributed by atoms with E-state index in [2.05, 4.69) is 15.5 Å². The predicted molar refractivity (Wildman–Crippen MR) is 113 cm³/mol. The van der Waals surface area contributed by atoms with Crippen LogP contribution >= 0.6 is 0 Å². The van der Waals surface area contributed by atoms with E-state index in [4.69, 9.17) is 14.6 Å². The van der Waals surface area contributed by atoms with Crippen molar-refractivity contribution >= 4 is 23.7 Å². The number of hydrogen-bond acceptors (Lipinski definition) is 8. The summed E-state index contributed by atoms with van der Waals surface area (Å²) in [5.74, 6) is -0.0668. The molecule has 0 spiro atoms. The summed E-state index contributed by atoms with van der Waals surface area (Å²) in [6.07, 6.45) is 2.88. The van der Waals surface area contributed by atoms with Crippen LogP contribution in [0.5, 0.6) is 11.5 Å². The van der Waals surface area contributed by atoms with Gasteiger partial charge in [0, 0.05) is 12.3 Å². The first-order chi connectivity index (χ1) is 15.0. The Labute approximate surface area is 176 Å². The Balaban J connectivity index is 1.68. The molecule has 10 heteroatoms. The SMILES string of the molecule is COc1cc(/C=N\Nc2ncccc2[N+](=O)[O-])ccc1OCc1cccc(C(=O)O)c1. The number of hydrazone groups is 1. The van der Waals surface area contributed by atoms with Crippen molar-refractivity contribution < 1.29 is 24.3 Å². The van der Waals surface area contributed by atoms with Crippen molar-refractivity contribution in [1.29, 1.82) is 0 Å². The van der Waals surface area contributed by atoms with Crippen LogP contribution in [-0.2, 0) is 6.61 Å². The molecule has 0 radical (unpaired) electrons. The number of ether oxygens (including phenoxy) is 2. The van der Waals surface area contributed by atoms with Crippen LogP contribution in [0, 0.1) is 10.1 Å². The molecule has 0 aliphatic carbocycles. The lowest BCUT2D eigenvalue weighted by atomic mass is 10.1. The van der Waals surface area contributed by atoms with Crippen molar-refractivity contribution in [2.24, 2.45) is 5.10 Å². The molecule has 0 amide bonds. The minimum atomic E-state index is -1.01. The molecule has 3 aromatic rings. The molecule has 0 fully saturated rings. The van der Waals surface area contributed by atoms with Gasteiger partial charge in [0.25, 0.3) is 0 Å². The molecule has 1 aromatic heterocycles. The summed E-state index contributed by atoms with van der Waals surface area (Å²) in [5, 5.41) is 24.1. The second kappa shape index (κ2) is 9.83. The minimum Gasteiger partial charge on any atom is -0.493 e. The Morgan fingerprint density at radius 3 is 2.81 bits per heavy atom. The van der Waals surface area contributed by atoms with Gasteiger partial charge in [-0.1, -0.05) is 12.1 Å². The Morgan fingerprint density at radius 1 is 1.23 bits per heavy atom. The highest BCUT2D eigenvalue weighted by Gasteiger charge is 2.13. The first-order valence-corrected chi connectivity index (χ1v) is 8.99. The van der Waals surface area contributed by atoms with Crippen LogP contribution in [0.4, 0.5) is 11.5 Å². The molecule has 158 valence electrons. The normalized spacial score (nSPS) is 10.6. The fourth-order valence-electron chi connectivity index (χ4n) is 2.64. The van der Waals surface area contributed by atoms with Crippen LogP contribution in [0.25, 0.3) is 0 Å². The van der Waals surface area contributed by atoms with Crippen molar-refractivity contribution in [1.82, 2.24) is 4.98 Å². The monoisotopic (exact) mass is 422 g/mol. The van der Waals surface area contributed by atoms with Gasteiger partial charge in [-0.2, -0.15) is 5.10 Å². The van der Waals surface area contributed by atoms with Gasteiger partial charge in [-0.25, -0.2) is 9.78 Å². The lowest BCUT2D eigenvalue weighted by Gasteiger charge is -2.11. The molecule has 0 unspecified atom stereocenters. The summed E-state index contributed by atoms with van der Waals surface area (Å²) in [6, 6.07) is 14.3. The number of rotatable bonds is 9. The van der Waals surface area contributed by atoms with Crippen LogP contribution in [0.2, 0.25) is 0 Å². The number of pyridine rings is 1. The summed E-state index contributed by atoms with van der Waals surface area (Å²) in [7, 11) is 1.49. The molecule has 2 aromatic carbocycles. The van der Waals surface area contributed by atoms with Gasteiger partial charge in [0.15, 0.2) is 11.5 Å². The number of aromatic carboxylic acids is 1. The first-order valence-electron chi connectivity index (χ1n) is 8.99. The quantitative estimate of drug-likeness (QED) is 0.302. The van der Waals surface area contributed by atoms with Crippen molar-refractivity contribution in [2.75, 3.05) is 12.5 Å². The van der Waals surface area contributed by atoms with Crippen LogP contribution in [-0.4, -0.2) is 34.3 Å². The van der Waals surface area contributed by atoms with E-state index in [1.54, 1.807) is 30.3 Å². The lowest BCUT2D eigenvalue weighted by molar-refractivity contribution is -0.384. The summed E-state index contributed by atoms with van der Waals surface area (Å²) in [5.41, 5.74) is 3.90. The number of anilines is 1. The van der Waals surface area contributed by atoms with Crippen molar-refractivity contribution in [3.63, 3.8) is 0 Å². The van der Waals surface area contributed by atoms with Gasteiger partial charge in [0.05, 0.1) is 23.8 Å². The number of aromatic nitrogens is 1. The minimum absolute atomic E-state index is 0.0271. The first kappa shape index (κ1) is 21.2. The average molecular weight is 422 g/mol. The molecular weight excluding hydrogens is 404 g/mol.